The van der Waals surface area contributed by atoms with Gasteiger partial charge in [-0.2, -0.15) is 0 Å². The van der Waals surface area contributed by atoms with Crippen LogP contribution < -0.4 is 0 Å². The Morgan fingerprint density at radius 3 is 2.44 bits per heavy atom. The number of nitrogens with zero attached hydrogens (tertiary/aromatic N) is 2. The summed E-state index contributed by atoms with van der Waals surface area (Å²) >= 11 is 0. The van der Waals surface area contributed by atoms with E-state index in [4.69, 9.17) is 9.47 Å². The highest BCUT2D eigenvalue weighted by Crippen LogP contribution is 2.35. The molecule has 0 aliphatic carbocycles. The number of allylic oxidation sites excluding steroid dienone is 3. The average molecular weight is 591 g/mol. The lowest BCUT2D eigenvalue weighted by Crippen LogP contribution is -2.39. The smallest absolute Gasteiger partial charge is 0.302 e. The minimum Gasteiger partial charge on any atom is -0.461 e. The Morgan fingerprint density at radius 1 is 0.953 bits per heavy atom. The lowest BCUT2D eigenvalue weighted by atomic mass is 9.83. The molecular weight excluding hydrogens is 536 g/mol. The fourth-order valence-corrected chi connectivity index (χ4v) is 6.01. The first-order valence-corrected chi connectivity index (χ1v) is 16.4. The number of hydrogen-bond acceptors (Lipinski definition) is 5. The van der Waals surface area contributed by atoms with Crippen molar-refractivity contribution in [2.75, 3.05) is 39.4 Å². The number of unbranched alkanes of at least 4 members (excludes halogenated alkanes) is 6. The Bertz CT molecular complexity index is 1080. The van der Waals surface area contributed by atoms with Gasteiger partial charge in [-0.25, -0.2) is 0 Å². The van der Waals surface area contributed by atoms with Crippen molar-refractivity contribution in [3.05, 3.63) is 84.1 Å². The number of carbonyl (C=O) groups is 2. The second-order valence-electron chi connectivity index (χ2n) is 11.9. The number of esters is 1. The van der Waals surface area contributed by atoms with Crippen molar-refractivity contribution in [2.24, 2.45) is 5.92 Å². The van der Waals surface area contributed by atoms with E-state index in [1.807, 2.05) is 35.3 Å². The van der Waals surface area contributed by atoms with E-state index in [9.17, 15) is 9.59 Å². The Balaban J connectivity index is 1.65. The molecule has 1 amide bonds. The molecule has 1 atom stereocenters. The first-order valence-electron chi connectivity index (χ1n) is 16.4. The lowest BCUT2D eigenvalue weighted by Gasteiger charge is -2.36. The van der Waals surface area contributed by atoms with E-state index in [1.165, 1.54) is 29.2 Å². The predicted molar refractivity (Wildman–Crippen MR) is 175 cm³/mol. The lowest BCUT2D eigenvalue weighted by molar-refractivity contribution is -0.140. The molecule has 6 heteroatoms. The van der Waals surface area contributed by atoms with Gasteiger partial charge in [0.15, 0.2) is 0 Å². The monoisotopic (exact) mass is 590 g/mol. The molecule has 1 aromatic carbocycles. The summed E-state index contributed by atoms with van der Waals surface area (Å²) in [7, 11) is 0. The quantitative estimate of drug-likeness (QED) is 0.0832. The van der Waals surface area contributed by atoms with Crippen LogP contribution in [0.25, 0.3) is 0 Å². The Hall–Kier alpha value is -2.96. The number of hydrogen-bond donors (Lipinski definition) is 0. The molecule has 0 aromatic heterocycles. The molecule has 2 heterocycles. The number of amides is 1. The van der Waals surface area contributed by atoms with E-state index in [1.54, 1.807) is 0 Å². The Kier molecular flexibility index (Phi) is 16.1. The fraction of sp³-hybridized carbons (Fsp3) is 0.568. The average Bonchev–Trinajstić information content (AvgIpc) is 3.02. The van der Waals surface area contributed by atoms with E-state index < -0.39 is 0 Å². The predicted octanol–water partition coefficient (Wildman–Crippen LogP) is 7.77. The van der Waals surface area contributed by atoms with Gasteiger partial charge in [0.05, 0.1) is 6.61 Å². The summed E-state index contributed by atoms with van der Waals surface area (Å²) in [5.41, 5.74) is 4.94. The number of carbonyl (C=O) groups excluding carboxylic acids is 2. The van der Waals surface area contributed by atoms with Gasteiger partial charge in [0.25, 0.3) is 0 Å². The van der Waals surface area contributed by atoms with E-state index in [2.05, 4.69) is 36.4 Å². The van der Waals surface area contributed by atoms with E-state index in [0.717, 1.165) is 110 Å². The summed E-state index contributed by atoms with van der Waals surface area (Å²) in [6.45, 7) is 14.4. The Morgan fingerprint density at radius 2 is 1.70 bits per heavy atom. The standard InChI is InChI=1S/C37H54N2O4/c1-4-6-8-14-20-33-26-34(36-21-24-38(22-15-9-7-5-2)27-35(36)30-43-31(3)40)28-39(37(33)41)23-16-11-17-25-42-29-32-18-12-10-13-19-32/h4-5,10,12-13,18-19,28,33H,1-2,6-9,11,14-17,20-27,29-30H2,3H3/t33-/m1/s1. The highest BCUT2D eigenvalue weighted by atomic mass is 16.5. The molecule has 0 saturated carbocycles. The van der Waals surface area contributed by atoms with Crippen LogP contribution in [-0.4, -0.2) is 61.1 Å². The van der Waals surface area contributed by atoms with Gasteiger partial charge in [0, 0.05) is 45.3 Å². The van der Waals surface area contributed by atoms with Gasteiger partial charge in [0.2, 0.25) is 5.91 Å². The minimum absolute atomic E-state index is 0.00145. The molecule has 0 bridgehead atoms. The van der Waals surface area contributed by atoms with Crippen LogP contribution in [0.4, 0.5) is 0 Å². The van der Waals surface area contributed by atoms with Gasteiger partial charge in [-0.3, -0.25) is 14.5 Å². The summed E-state index contributed by atoms with van der Waals surface area (Å²) in [5.74, 6) is 0.000119. The fourth-order valence-electron chi connectivity index (χ4n) is 6.01. The molecule has 3 rings (SSSR count). The van der Waals surface area contributed by atoms with Crippen LogP contribution in [0.3, 0.4) is 0 Å². The van der Waals surface area contributed by atoms with Gasteiger partial charge < -0.3 is 14.4 Å². The minimum atomic E-state index is -0.253. The number of rotatable bonds is 21. The molecule has 0 fully saturated rings. The molecule has 0 radical (unpaired) electrons. The number of benzene rings is 1. The van der Waals surface area contributed by atoms with E-state index in [-0.39, 0.29) is 17.8 Å². The summed E-state index contributed by atoms with van der Waals surface area (Å²) in [6, 6.07) is 10.3. The highest BCUT2D eigenvalue weighted by Gasteiger charge is 2.32. The molecule has 0 saturated heterocycles. The summed E-state index contributed by atoms with van der Waals surface area (Å²) < 4.78 is 11.4. The zero-order valence-electron chi connectivity index (χ0n) is 26.6. The zero-order valence-corrected chi connectivity index (χ0v) is 26.6. The normalized spacial score (nSPS) is 17.6. The maximum absolute atomic E-state index is 13.6. The van der Waals surface area contributed by atoms with Crippen LogP contribution in [-0.2, 0) is 25.7 Å². The van der Waals surface area contributed by atoms with Crippen molar-refractivity contribution >= 4 is 11.9 Å². The van der Waals surface area contributed by atoms with Crippen molar-refractivity contribution in [3.8, 4) is 0 Å². The van der Waals surface area contributed by atoms with Gasteiger partial charge in [0.1, 0.15) is 6.61 Å². The third kappa shape index (κ3) is 12.7. The maximum Gasteiger partial charge on any atom is 0.302 e. The highest BCUT2D eigenvalue weighted by molar-refractivity contribution is 5.82. The Labute approximate surface area is 260 Å². The molecule has 0 spiro atoms. The second kappa shape index (κ2) is 20.1. The molecule has 0 unspecified atom stereocenters. The molecule has 2 aliphatic heterocycles. The van der Waals surface area contributed by atoms with Gasteiger partial charge in [-0.05, 0) is 99.5 Å². The third-order valence-corrected chi connectivity index (χ3v) is 8.41. The van der Waals surface area contributed by atoms with Crippen molar-refractivity contribution in [3.63, 3.8) is 0 Å². The van der Waals surface area contributed by atoms with Crippen molar-refractivity contribution < 1.29 is 19.1 Å². The summed E-state index contributed by atoms with van der Waals surface area (Å²) in [6.07, 6.45) is 18.0. The summed E-state index contributed by atoms with van der Waals surface area (Å²) in [4.78, 5) is 29.8. The third-order valence-electron chi connectivity index (χ3n) is 8.41. The van der Waals surface area contributed by atoms with Gasteiger partial charge >= 0.3 is 5.97 Å². The molecule has 43 heavy (non-hydrogen) atoms. The first-order chi connectivity index (χ1) is 21.0. The SMILES string of the molecule is C=CCCCC[C@@H]1CC(C2=C(COC(C)=O)CN(CCCCC=C)CC2)=CN(CCCCCOCc2ccccc2)C1=O. The molecule has 236 valence electrons. The molecule has 1 aromatic rings. The largest absolute Gasteiger partial charge is 0.461 e. The first kappa shape index (κ1) is 34.5. The van der Waals surface area contributed by atoms with Crippen molar-refractivity contribution in [2.45, 2.75) is 90.6 Å². The van der Waals surface area contributed by atoms with Crippen molar-refractivity contribution in [1.29, 1.82) is 0 Å². The summed E-state index contributed by atoms with van der Waals surface area (Å²) in [5, 5.41) is 0. The maximum atomic E-state index is 13.6. The zero-order chi connectivity index (χ0) is 30.7. The van der Waals surface area contributed by atoms with Gasteiger partial charge in [-0.15, -0.1) is 13.2 Å². The molecule has 6 nitrogen and oxygen atoms in total. The molecular formula is C37H54N2O4. The molecule has 0 N–H and O–H groups in total. The number of ether oxygens (including phenoxy) is 2. The van der Waals surface area contributed by atoms with Crippen LogP contribution in [0, 0.1) is 5.92 Å². The van der Waals surface area contributed by atoms with Crippen LogP contribution in [0.5, 0.6) is 0 Å². The van der Waals surface area contributed by atoms with Gasteiger partial charge in [-0.1, -0.05) is 48.9 Å². The van der Waals surface area contributed by atoms with E-state index >= 15 is 0 Å². The second-order valence-corrected chi connectivity index (χ2v) is 11.9. The van der Waals surface area contributed by atoms with Crippen LogP contribution in [0.2, 0.25) is 0 Å². The van der Waals surface area contributed by atoms with Crippen LogP contribution in [0.1, 0.15) is 89.5 Å². The van der Waals surface area contributed by atoms with E-state index in [0.29, 0.717) is 13.2 Å². The molecule has 2 aliphatic rings. The van der Waals surface area contributed by atoms with Crippen LogP contribution >= 0.6 is 0 Å². The topological polar surface area (TPSA) is 59.1 Å². The van der Waals surface area contributed by atoms with Crippen molar-refractivity contribution in [1.82, 2.24) is 9.80 Å². The van der Waals surface area contributed by atoms with Crippen LogP contribution in [0.15, 0.2) is 78.6 Å².